The summed E-state index contributed by atoms with van der Waals surface area (Å²) in [5.41, 5.74) is 26.4. The van der Waals surface area contributed by atoms with Crippen LogP contribution >= 0.6 is 0 Å². The summed E-state index contributed by atoms with van der Waals surface area (Å²) in [6.45, 7) is 9.78. The van der Waals surface area contributed by atoms with Crippen molar-refractivity contribution in [2.24, 2.45) is 44.1 Å². The summed E-state index contributed by atoms with van der Waals surface area (Å²) < 4.78 is 0. The van der Waals surface area contributed by atoms with Gasteiger partial charge in [0.15, 0.2) is 0 Å². The van der Waals surface area contributed by atoms with Crippen molar-refractivity contribution in [1.82, 2.24) is 4.98 Å². The maximum absolute atomic E-state index is 12.8. The maximum Gasteiger partial charge on any atom is 0.255 e. The number of benzene rings is 3. The Kier molecular flexibility index (Phi) is 16.0. The number of amides is 1. The lowest BCUT2D eigenvalue weighted by atomic mass is 10.1. The van der Waals surface area contributed by atoms with Crippen molar-refractivity contribution in [2.75, 3.05) is 29.6 Å². The van der Waals surface area contributed by atoms with Crippen molar-refractivity contribution in [2.45, 2.75) is 34.6 Å². The summed E-state index contributed by atoms with van der Waals surface area (Å²) in [7, 11) is 4.01. The van der Waals surface area contributed by atoms with Crippen molar-refractivity contribution < 1.29 is 4.79 Å². The third-order valence-electron chi connectivity index (χ3n) is 5.67. The van der Waals surface area contributed by atoms with Gasteiger partial charge in [-0.25, -0.2) is 0 Å². The van der Waals surface area contributed by atoms with Gasteiger partial charge in [0.05, 0.1) is 11.2 Å². The predicted octanol–water partition coefficient (Wildman–Crippen LogP) is 4.48. The van der Waals surface area contributed by atoms with E-state index in [9.17, 15) is 4.79 Å². The van der Waals surface area contributed by atoms with E-state index in [-0.39, 0.29) is 17.8 Å². The summed E-state index contributed by atoms with van der Waals surface area (Å²) in [6.07, 6.45) is 1.78. The molecule has 3 aromatic carbocycles. The van der Waals surface area contributed by atoms with Gasteiger partial charge in [-0.1, -0.05) is 39.8 Å². The van der Waals surface area contributed by atoms with Crippen LogP contribution in [-0.2, 0) is 0 Å². The molecule has 0 bridgehead atoms. The second-order valence-electron chi connectivity index (χ2n) is 8.96. The highest BCUT2D eigenvalue weighted by atomic mass is 16.1. The van der Waals surface area contributed by atoms with E-state index in [4.69, 9.17) is 22.9 Å². The smallest absolute Gasteiger partial charge is 0.255 e. The topological polar surface area (TPSA) is 224 Å². The van der Waals surface area contributed by atoms with Crippen molar-refractivity contribution in [3.63, 3.8) is 0 Å². The molecule has 0 aliphatic carbocycles. The van der Waals surface area contributed by atoms with Crippen LogP contribution in [0.5, 0.6) is 0 Å². The first-order valence-electron chi connectivity index (χ1n) is 14.3. The lowest BCUT2D eigenvalue weighted by Crippen LogP contribution is -2.23. The summed E-state index contributed by atoms with van der Waals surface area (Å²) >= 11 is 0. The van der Waals surface area contributed by atoms with E-state index in [0.29, 0.717) is 17.0 Å². The molecule has 13 heteroatoms. The van der Waals surface area contributed by atoms with Gasteiger partial charge in [0, 0.05) is 54.0 Å². The number of rotatable bonds is 7. The zero-order valence-electron chi connectivity index (χ0n) is 27.0. The Bertz CT molecular complexity index is 1590. The molecule has 0 aliphatic heterocycles. The number of fused-ring (bicyclic) bond motifs is 1. The van der Waals surface area contributed by atoms with E-state index < -0.39 is 0 Å². The highest BCUT2D eigenvalue weighted by Gasteiger charge is 2.09. The summed E-state index contributed by atoms with van der Waals surface area (Å²) in [5.74, 6) is 4.08. The molecule has 240 valence electrons. The van der Waals surface area contributed by atoms with Crippen LogP contribution in [0.15, 0.2) is 94.3 Å². The lowest BCUT2D eigenvalue weighted by molar-refractivity contribution is 0.102. The Morgan fingerprint density at radius 3 is 2.00 bits per heavy atom. The van der Waals surface area contributed by atoms with Gasteiger partial charge >= 0.3 is 0 Å². The molecular formula is C32H46N12O. The van der Waals surface area contributed by atoms with Crippen LogP contribution < -0.4 is 44.3 Å². The predicted molar refractivity (Wildman–Crippen MR) is 191 cm³/mol. The van der Waals surface area contributed by atoms with Crippen LogP contribution in [0.1, 0.15) is 50.5 Å². The molecule has 4 rings (SSSR count). The van der Waals surface area contributed by atoms with Gasteiger partial charge in [0.2, 0.25) is 11.9 Å². The van der Waals surface area contributed by atoms with Gasteiger partial charge < -0.3 is 44.3 Å². The number of hydrazone groups is 1. The third kappa shape index (κ3) is 12.1. The van der Waals surface area contributed by atoms with E-state index in [1.807, 2.05) is 96.4 Å². The molecular weight excluding hydrogens is 568 g/mol. The minimum absolute atomic E-state index is 0.0926. The number of carbonyl (C=O) groups is 1. The minimum Gasteiger partial charge on any atom is -0.378 e. The Morgan fingerprint density at radius 1 is 0.778 bits per heavy atom. The first kappa shape index (κ1) is 37.2. The number of nitrogens with one attached hydrogen (secondary N) is 2. The molecule has 1 heterocycles. The largest absolute Gasteiger partial charge is 0.378 e. The van der Waals surface area contributed by atoms with Crippen LogP contribution in [0.3, 0.4) is 0 Å². The molecule has 12 N–H and O–H groups in total. The number of nitrogens with two attached hydrogens (primary N) is 5. The van der Waals surface area contributed by atoms with Gasteiger partial charge in [0.1, 0.15) is 0 Å². The number of guanidine groups is 2. The normalized spacial score (nSPS) is 9.89. The van der Waals surface area contributed by atoms with Gasteiger partial charge in [-0.3, -0.25) is 9.78 Å². The Hall–Kier alpha value is -5.85. The molecule has 0 radical (unpaired) electrons. The number of pyridine rings is 1. The van der Waals surface area contributed by atoms with E-state index in [0.717, 1.165) is 33.5 Å². The Morgan fingerprint density at radius 2 is 1.42 bits per heavy atom. The summed E-state index contributed by atoms with van der Waals surface area (Å²) in [5, 5.41) is 17.9. The van der Waals surface area contributed by atoms with Gasteiger partial charge in [-0.2, -0.15) is 5.10 Å². The molecule has 45 heavy (non-hydrogen) atoms. The van der Waals surface area contributed by atoms with Crippen molar-refractivity contribution in [3.05, 3.63) is 90.1 Å². The van der Waals surface area contributed by atoms with Gasteiger partial charge in [-0.05, 0) is 73.2 Å². The summed E-state index contributed by atoms with van der Waals surface area (Å²) in [4.78, 5) is 19.3. The number of carbonyl (C=O) groups excluding carboxylic acids is 1. The van der Waals surface area contributed by atoms with Crippen LogP contribution in [0.2, 0.25) is 0 Å². The average Bonchev–Trinajstić information content (AvgIpc) is 3.06. The molecule has 0 atom stereocenters. The van der Waals surface area contributed by atoms with E-state index in [1.54, 1.807) is 25.3 Å². The van der Waals surface area contributed by atoms with E-state index in [1.165, 1.54) is 0 Å². The zero-order chi connectivity index (χ0) is 33.9. The summed E-state index contributed by atoms with van der Waals surface area (Å²) in [6, 6.07) is 22.7. The quantitative estimate of drug-likeness (QED) is 0.0673. The zero-order valence-corrected chi connectivity index (χ0v) is 27.0. The molecule has 1 amide bonds. The number of aromatic nitrogens is 1. The molecule has 0 unspecified atom stereocenters. The Labute approximate surface area is 265 Å². The number of hydrogen-bond acceptors (Lipinski definition) is 8. The number of hydrogen-bond donors (Lipinski definition) is 7. The molecule has 0 saturated heterocycles. The first-order valence-corrected chi connectivity index (χ1v) is 14.3. The lowest BCUT2D eigenvalue weighted by Gasteiger charge is -2.15. The highest BCUT2D eigenvalue weighted by molar-refractivity contribution is 6.06. The number of nitrogens with zero attached hydrogens (tertiary/aromatic N) is 5. The molecule has 0 saturated carbocycles. The molecule has 0 spiro atoms. The highest BCUT2D eigenvalue weighted by Crippen LogP contribution is 2.28. The van der Waals surface area contributed by atoms with Crippen molar-refractivity contribution >= 4 is 57.2 Å². The fraction of sp³-hybridized carbons (Fsp3) is 0.219. The first-order chi connectivity index (χ1) is 21.6. The van der Waals surface area contributed by atoms with Crippen LogP contribution in [0, 0.1) is 0 Å². The Balaban J connectivity index is 0.00000101. The SMILES string of the molecule is C/C(=N\N=C(N)N)c1cccc(NC(=O)c2ccc(Nc3ccnc4ccc(N(C)C)cc34)cc2)c1.CC.CC.NN=C(N)N. The van der Waals surface area contributed by atoms with E-state index >= 15 is 0 Å². The fourth-order valence-corrected chi connectivity index (χ4v) is 3.60. The molecule has 4 aromatic rings. The maximum atomic E-state index is 12.8. The molecule has 1 aromatic heterocycles. The standard InChI is InChI=1S/C27H28N8O.2C2H6.CH6N4/c1-17(33-34-27(28)29)19-5-4-6-21(15-19)32-26(36)18-7-9-20(10-8-18)31-25-13-14-30-24-12-11-22(35(2)3)16-23(24)25;2*1-2;2-1(3)5-4/h4-16H,1-3H3,(H,30,31)(H,32,36)(H4,28,29,34);2*1-2H3;4H2,(H4,2,3,5)/b33-17+;;;. The fourth-order valence-electron chi connectivity index (χ4n) is 3.60. The van der Waals surface area contributed by atoms with E-state index in [2.05, 4.69) is 47.7 Å². The third-order valence-corrected chi connectivity index (χ3v) is 5.67. The monoisotopic (exact) mass is 614 g/mol. The van der Waals surface area contributed by atoms with Crippen molar-refractivity contribution in [3.8, 4) is 0 Å². The second kappa shape index (κ2) is 19.4. The van der Waals surface area contributed by atoms with Crippen LogP contribution in [-0.4, -0.2) is 42.6 Å². The van der Waals surface area contributed by atoms with Crippen molar-refractivity contribution in [1.29, 1.82) is 0 Å². The average molecular weight is 615 g/mol. The van der Waals surface area contributed by atoms with Gasteiger partial charge in [0.25, 0.3) is 5.91 Å². The van der Waals surface area contributed by atoms with Gasteiger partial charge in [-0.15, -0.1) is 10.2 Å². The molecule has 0 aliphatic rings. The minimum atomic E-state index is -0.220. The van der Waals surface area contributed by atoms with Crippen LogP contribution in [0.25, 0.3) is 10.9 Å². The second-order valence-corrected chi connectivity index (χ2v) is 8.96. The molecule has 0 fully saturated rings. The number of anilines is 4. The molecule has 13 nitrogen and oxygen atoms in total. The van der Waals surface area contributed by atoms with Crippen LogP contribution in [0.4, 0.5) is 22.7 Å².